The summed E-state index contributed by atoms with van der Waals surface area (Å²) in [5.74, 6) is -2.37. The Balaban J connectivity index is 5.43. The van der Waals surface area contributed by atoms with E-state index in [2.05, 4.69) is 137 Å². The summed E-state index contributed by atoms with van der Waals surface area (Å²) in [6.07, 6.45) is 77.7. The number of phosphoric acid groups is 2. The predicted molar refractivity (Wildman–Crippen MR) is 399 cm³/mol. The minimum Gasteiger partial charge on any atom is -0.462 e. The van der Waals surface area contributed by atoms with Gasteiger partial charge in [-0.2, -0.15) is 0 Å². The van der Waals surface area contributed by atoms with Crippen molar-refractivity contribution < 1.29 is 80.2 Å². The lowest BCUT2D eigenvalue weighted by Crippen LogP contribution is -2.30. The number of aliphatic hydroxyl groups is 1. The highest BCUT2D eigenvalue weighted by Crippen LogP contribution is 2.45. The van der Waals surface area contributed by atoms with Crippen LogP contribution in [0.1, 0.15) is 285 Å². The second-order valence-corrected chi connectivity index (χ2v) is 27.4. The molecule has 17 nitrogen and oxygen atoms in total. The molecule has 0 aliphatic carbocycles. The monoisotopic (exact) mass is 1410 g/mol. The van der Waals surface area contributed by atoms with Crippen molar-refractivity contribution >= 4 is 39.5 Å². The fraction of sp³-hybridized carbons (Fsp3) is 0.671. The summed E-state index contributed by atoms with van der Waals surface area (Å²) in [6, 6.07) is 0. The smallest absolute Gasteiger partial charge is 0.462 e. The number of hydrogen-bond acceptors (Lipinski definition) is 15. The third kappa shape index (κ3) is 69.7. The van der Waals surface area contributed by atoms with Crippen LogP contribution in [-0.4, -0.2) is 96.7 Å². The second kappa shape index (κ2) is 70.6. The molecule has 0 saturated heterocycles. The molecule has 0 rings (SSSR count). The molecule has 0 aromatic rings. The van der Waals surface area contributed by atoms with Crippen LogP contribution in [-0.2, 0) is 65.4 Å². The highest BCUT2D eigenvalue weighted by Gasteiger charge is 2.30. The Morgan fingerprint density at radius 2 is 0.571 bits per heavy atom. The lowest BCUT2D eigenvalue weighted by Gasteiger charge is -2.21. The van der Waals surface area contributed by atoms with E-state index in [1.807, 2.05) is 12.2 Å². The Kier molecular flexibility index (Phi) is 67.2. The topological polar surface area (TPSA) is 237 Å². The molecule has 0 saturated carbocycles. The summed E-state index contributed by atoms with van der Waals surface area (Å²) in [6.45, 7) is 4.45. The van der Waals surface area contributed by atoms with Gasteiger partial charge >= 0.3 is 39.5 Å². The Morgan fingerprint density at radius 1 is 0.306 bits per heavy atom. The molecule has 0 aliphatic rings. The van der Waals surface area contributed by atoms with Crippen molar-refractivity contribution in [1.82, 2.24) is 0 Å². The van der Waals surface area contributed by atoms with Crippen molar-refractivity contribution in [1.29, 1.82) is 0 Å². The summed E-state index contributed by atoms with van der Waals surface area (Å²) in [5, 5.41) is 10.6. The molecule has 98 heavy (non-hydrogen) atoms. The molecule has 0 radical (unpaired) electrons. The van der Waals surface area contributed by atoms with Crippen LogP contribution in [0.15, 0.2) is 134 Å². The van der Waals surface area contributed by atoms with Gasteiger partial charge < -0.3 is 33.8 Å². The van der Waals surface area contributed by atoms with E-state index in [1.54, 1.807) is 12.2 Å². The Labute approximate surface area is 593 Å². The molecule has 0 heterocycles. The van der Waals surface area contributed by atoms with Crippen LogP contribution in [0.5, 0.6) is 0 Å². The van der Waals surface area contributed by atoms with Crippen molar-refractivity contribution in [3.63, 3.8) is 0 Å². The molecule has 5 unspecified atom stereocenters. The van der Waals surface area contributed by atoms with Gasteiger partial charge in [-0.05, 0) is 122 Å². The van der Waals surface area contributed by atoms with Crippen LogP contribution in [0.3, 0.4) is 0 Å². The first-order valence-electron chi connectivity index (χ1n) is 37.4. The van der Waals surface area contributed by atoms with Gasteiger partial charge in [0.25, 0.3) is 0 Å². The van der Waals surface area contributed by atoms with E-state index in [0.29, 0.717) is 25.7 Å². The molecule has 19 heteroatoms. The number of rotatable bonds is 69. The summed E-state index contributed by atoms with van der Waals surface area (Å²) >= 11 is 0. The molecular weight excluding hydrogens is 1280 g/mol. The molecule has 560 valence electrons. The Morgan fingerprint density at radius 3 is 0.939 bits per heavy atom. The highest BCUT2D eigenvalue weighted by atomic mass is 31.2. The number of hydrogen-bond donors (Lipinski definition) is 3. The SMILES string of the molecule is CC/C=C\C/C=C\C/C=C\C/C=C\C/C=C\CCCCCC(=O)OCC(COP(=O)(O)OCC(O)COP(=O)(O)OCC(COC(=O)CCCCCCC/C=C\CCCCCC)OC(=O)CCCCCCCCCCCCC)OC(=O)C/C=C\C/C=C\C/C=C\C/C=C\C/C=C\CC. The molecule has 0 spiro atoms. The van der Waals surface area contributed by atoms with Gasteiger partial charge in [-0.1, -0.05) is 271 Å². The number of phosphoric ester groups is 2. The van der Waals surface area contributed by atoms with Crippen molar-refractivity contribution in [2.45, 2.75) is 303 Å². The largest absolute Gasteiger partial charge is 0.472 e. The van der Waals surface area contributed by atoms with E-state index in [4.69, 9.17) is 37.0 Å². The lowest BCUT2D eigenvalue weighted by molar-refractivity contribution is -0.161. The minimum atomic E-state index is -5.01. The van der Waals surface area contributed by atoms with Gasteiger partial charge in [0, 0.05) is 19.3 Å². The predicted octanol–water partition coefficient (Wildman–Crippen LogP) is 21.3. The average molecular weight is 1420 g/mol. The summed E-state index contributed by atoms with van der Waals surface area (Å²) in [7, 11) is -9.99. The Hall–Kier alpha value is -4.80. The van der Waals surface area contributed by atoms with E-state index in [-0.39, 0.29) is 25.7 Å². The number of esters is 4. The lowest BCUT2D eigenvalue weighted by atomic mass is 10.1. The molecule has 5 atom stereocenters. The zero-order chi connectivity index (χ0) is 71.8. The van der Waals surface area contributed by atoms with Crippen molar-refractivity contribution in [2.75, 3.05) is 39.6 Å². The molecule has 0 aromatic heterocycles. The zero-order valence-electron chi connectivity index (χ0n) is 60.9. The fourth-order valence-electron chi connectivity index (χ4n) is 9.49. The maximum Gasteiger partial charge on any atom is 0.472 e. The molecule has 0 amide bonds. The quantitative estimate of drug-likeness (QED) is 0.0169. The van der Waals surface area contributed by atoms with Gasteiger partial charge in [-0.15, -0.1) is 0 Å². The number of carbonyl (C=O) groups excluding carboxylic acids is 4. The Bertz CT molecular complexity index is 2380. The normalized spacial score (nSPS) is 14.7. The van der Waals surface area contributed by atoms with Gasteiger partial charge in [0.2, 0.25) is 0 Å². The summed E-state index contributed by atoms with van der Waals surface area (Å²) < 4.78 is 68.2. The van der Waals surface area contributed by atoms with Crippen LogP contribution in [0.4, 0.5) is 0 Å². The van der Waals surface area contributed by atoms with Gasteiger partial charge in [0.05, 0.1) is 32.8 Å². The van der Waals surface area contributed by atoms with E-state index < -0.39 is 97.5 Å². The number of aliphatic hydroxyl groups excluding tert-OH is 1. The third-order valence-corrected chi connectivity index (χ3v) is 17.0. The maximum absolute atomic E-state index is 13.1. The van der Waals surface area contributed by atoms with Gasteiger partial charge in [-0.25, -0.2) is 9.13 Å². The minimum absolute atomic E-state index is 0.0908. The zero-order valence-corrected chi connectivity index (χ0v) is 62.7. The van der Waals surface area contributed by atoms with Gasteiger partial charge in [0.1, 0.15) is 19.3 Å². The maximum atomic E-state index is 13.1. The van der Waals surface area contributed by atoms with Crippen LogP contribution in [0.2, 0.25) is 0 Å². The first-order chi connectivity index (χ1) is 47.7. The molecule has 0 aromatic carbocycles. The van der Waals surface area contributed by atoms with Gasteiger partial charge in [0.15, 0.2) is 12.2 Å². The van der Waals surface area contributed by atoms with Crippen molar-refractivity contribution in [3.05, 3.63) is 134 Å². The molecule has 3 N–H and O–H groups in total. The first-order valence-corrected chi connectivity index (χ1v) is 40.4. The standard InChI is InChI=1S/C79H132O17P2/c1-5-9-13-17-21-25-29-32-34-35-36-37-39-41-45-48-52-56-60-64-77(82)90-70-75(96-79(84)66-62-58-54-50-46-42-38-33-30-26-22-18-14-10-6-2)72-94-98(87,88)92-68-73(80)67-91-97(85,86)93-71-74(95-78(83)65-61-57-53-49-43-28-24-20-16-12-8-4)69-89-76(81)63-59-55-51-47-44-40-31-27-23-19-15-11-7-3/h9-10,13-14,21-22,25-27,31-34,36-38,41,45-46,50,58,62,73-75,80H,5-8,11-12,15-20,23-24,28-30,35,39-40,42-44,47-49,51-57,59-61,63-72H2,1-4H3,(H,85,86)(H,87,88)/b13-9-,14-10-,25-21-,26-22-,31-27-,34-32-,37-36-,38-33-,45-41-,50-46-,62-58-. The van der Waals surface area contributed by atoms with E-state index in [9.17, 15) is 43.2 Å². The average Bonchev–Trinajstić information content (AvgIpc) is 0.992. The number of ether oxygens (including phenoxy) is 4. The van der Waals surface area contributed by atoms with Crippen LogP contribution < -0.4 is 0 Å². The van der Waals surface area contributed by atoms with E-state index in [1.165, 1.54) is 64.2 Å². The number of carbonyl (C=O) groups is 4. The van der Waals surface area contributed by atoms with Crippen molar-refractivity contribution in [2.24, 2.45) is 0 Å². The van der Waals surface area contributed by atoms with Crippen LogP contribution in [0, 0.1) is 0 Å². The van der Waals surface area contributed by atoms with Crippen LogP contribution >= 0.6 is 15.6 Å². The third-order valence-electron chi connectivity index (χ3n) is 15.1. The molecule has 0 bridgehead atoms. The summed E-state index contributed by atoms with van der Waals surface area (Å²) in [5.41, 5.74) is 0. The van der Waals surface area contributed by atoms with Crippen LogP contribution in [0.25, 0.3) is 0 Å². The molecule has 0 fully saturated rings. The first kappa shape index (κ1) is 93.2. The number of allylic oxidation sites excluding steroid dienone is 21. The highest BCUT2D eigenvalue weighted by molar-refractivity contribution is 7.47. The van der Waals surface area contributed by atoms with Crippen molar-refractivity contribution in [3.8, 4) is 0 Å². The number of unbranched alkanes of at least 4 members (excludes halogenated alkanes) is 22. The fourth-order valence-corrected chi connectivity index (χ4v) is 11.1. The summed E-state index contributed by atoms with van der Waals surface area (Å²) in [4.78, 5) is 72.7. The van der Waals surface area contributed by atoms with E-state index >= 15 is 0 Å². The van der Waals surface area contributed by atoms with E-state index in [0.717, 1.165) is 141 Å². The molecular formula is C79H132O17P2. The van der Waals surface area contributed by atoms with Gasteiger partial charge in [-0.3, -0.25) is 37.3 Å². The second-order valence-electron chi connectivity index (χ2n) is 24.5. The molecule has 0 aliphatic heterocycles.